The molecule has 0 aliphatic rings. The van der Waals surface area contributed by atoms with Gasteiger partial charge in [-0.25, -0.2) is 0 Å². The number of carbonyl (C=O) groups excluding carboxylic acids is 1. The Morgan fingerprint density at radius 3 is 2.89 bits per heavy atom. The number of rotatable bonds is 6. The Hall–Kier alpha value is -3.06. The summed E-state index contributed by atoms with van der Waals surface area (Å²) < 4.78 is 1.76. The molecule has 1 amide bonds. The Morgan fingerprint density at radius 2 is 2.07 bits per heavy atom. The number of nitrogens with one attached hydrogen (secondary N) is 1. The lowest BCUT2D eigenvalue weighted by atomic mass is 10.1. The van der Waals surface area contributed by atoms with E-state index in [2.05, 4.69) is 22.4 Å². The summed E-state index contributed by atoms with van der Waals surface area (Å²) in [5.41, 5.74) is 3.20. The molecule has 3 aromatic heterocycles. The zero-order valence-electron chi connectivity index (χ0n) is 14.9. The van der Waals surface area contributed by atoms with Crippen molar-refractivity contribution in [2.24, 2.45) is 0 Å². The molecule has 7 heteroatoms. The highest BCUT2D eigenvalue weighted by molar-refractivity contribution is 7.13. The number of benzene rings is 1. The van der Waals surface area contributed by atoms with E-state index in [0.717, 1.165) is 40.5 Å². The number of hydrogen-bond donors (Lipinski definition) is 1. The molecule has 0 unspecified atom stereocenters. The third-order valence-electron chi connectivity index (χ3n) is 4.20. The van der Waals surface area contributed by atoms with Crippen LogP contribution in [0.3, 0.4) is 0 Å². The third kappa shape index (κ3) is 3.73. The van der Waals surface area contributed by atoms with Crippen LogP contribution in [-0.2, 0) is 4.79 Å². The van der Waals surface area contributed by atoms with Crippen molar-refractivity contribution in [2.45, 2.75) is 26.2 Å². The second kappa shape index (κ2) is 7.67. The van der Waals surface area contributed by atoms with Gasteiger partial charge in [0, 0.05) is 17.7 Å². The van der Waals surface area contributed by atoms with Crippen LogP contribution in [0, 0.1) is 0 Å². The predicted octanol–water partition coefficient (Wildman–Crippen LogP) is 4.65. The monoisotopic (exact) mass is 377 g/mol. The van der Waals surface area contributed by atoms with Crippen molar-refractivity contribution in [3.8, 4) is 22.0 Å². The minimum absolute atomic E-state index is 0.0382. The van der Waals surface area contributed by atoms with Crippen LogP contribution in [0.4, 0.5) is 5.69 Å². The van der Waals surface area contributed by atoms with Crippen molar-refractivity contribution in [3.63, 3.8) is 0 Å². The number of carbonyl (C=O) groups is 1. The van der Waals surface area contributed by atoms with Gasteiger partial charge < -0.3 is 5.32 Å². The molecule has 0 saturated carbocycles. The van der Waals surface area contributed by atoms with Crippen LogP contribution in [0.25, 0.3) is 27.6 Å². The first kappa shape index (κ1) is 17.4. The molecule has 3 heterocycles. The highest BCUT2D eigenvalue weighted by Crippen LogP contribution is 2.25. The molecule has 0 saturated heterocycles. The fourth-order valence-electron chi connectivity index (χ4n) is 2.82. The maximum absolute atomic E-state index is 12.0. The molecule has 6 nitrogen and oxygen atoms in total. The molecular formula is C20H19N5OS. The Kier molecular flexibility index (Phi) is 4.93. The molecule has 0 bridgehead atoms. The molecule has 0 atom stereocenters. The highest BCUT2D eigenvalue weighted by Gasteiger charge is 2.12. The van der Waals surface area contributed by atoms with Gasteiger partial charge in [-0.15, -0.1) is 21.5 Å². The van der Waals surface area contributed by atoms with Gasteiger partial charge in [-0.05, 0) is 42.1 Å². The van der Waals surface area contributed by atoms with Gasteiger partial charge in [-0.2, -0.15) is 9.61 Å². The van der Waals surface area contributed by atoms with Crippen molar-refractivity contribution >= 4 is 28.6 Å². The fraction of sp³-hybridized carbons (Fsp3) is 0.200. The highest BCUT2D eigenvalue weighted by atomic mass is 32.1. The van der Waals surface area contributed by atoms with Gasteiger partial charge >= 0.3 is 0 Å². The quantitative estimate of drug-likeness (QED) is 0.531. The van der Waals surface area contributed by atoms with Crippen molar-refractivity contribution in [3.05, 3.63) is 53.9 Å². The first-order chi connectivity index (χ1) is 13.2. The molecule has 0 radical (unpaired) electrons. The van der Waals surface area contributed by atoms with Gasteiger partial charge in [0.1, 0.15) is 0 Å². The van der Waals surface area contributed by atoms with Crippen molar-refractivity contribution in [1.29, 1.82) is 0 Å². The lowest BCUT2D eigenvalue weighted by molar-refractivity contribution is -0.116. The normalized spacial score (nSPS) is 11.0. The smallest absolute Gasteiger partial charge is 0.224 e. The molecule has 27 heavy (non-hydrogen) atoms. The maximum Gasteiger partial charge on any atom is 0.224 e. The van der Waals surface area contributed by atoms with Gasteiger partial charge in [-0.3, -0.25) is 4.79 Å². The summed E-state index contributed by atoms with van der Waals surface area (Å²) >= 11 is 1.60. The average Bonchev–Trinajstić information content (AvgIpc) is 3.35. The fourth-order valence-corrected chi connectivity index (χ4v) is 3.51. The summed E-state index contributed by atoms with van der Waals surface area (Å²) in [5, 5.41) is 18.1. The van der Waals surface area contributed by atoms with E-state index >= 15 is 0 Å². The number of nitrogens with zero attached hydrogens (tertiary/aromatic N) is 4. The molecule has 0 fully saturated rings. The predicted molar refractivity (Wildman–Crippen MR) is 108 cm³/mol. The van der Waals surface area contributed by atoms with Crippen LogP contribution in [0.1, 0.15) is 26.2 Å². The Balaban J connectivity index is 1.65. The van der Waals surface area contributed by atoms with Gasteiger partial charge in [0.15, 0.2) is 11.5 Å². The number of anilines is 1. The average molecular weight is 377 g/mol. The summed E-state index contributed by atoms with van der Waals surface area (Å²) in [6, 6.07) is 15.5. The summed E-state index contributed by atoms with van der Waals surface area (Å²) in [6.07, 6.45) is 2.43. The zero-order chi connectivity index (χ0) is 18.6. The summed E-state index contributed by atoms with van der Waals surface area (Å²) in [6.45, 7) is 2.07. The second-order valence-corrected chi connectivity index (χ2v) is 7.17. The standard InChI is InChI=1S/C20H19N5OS/c1-2-3-9-19(26)21-15-7-4-6-14(13-15)16-10-11-18-22-23-20(25(18)24-16)17-8-5-12-27-17/h4-8,10-13H,2-3,9H2,1H3,(H,21,26). The van der Waals surface area contributed by atoms with Crippen LogP contribution in [0.2, 0.25) is 0 Å². The maximum atomic E-state index is 12.0. The molecule has 1 aromatic carbocycles. The van der Waals surface area contributed by atoms with E-state index in [1.54, 1.807) is 15.9 Å². The molecule has 0 aliphatic carbocycles. The number of hydrogen-bond acceptors (Lipinski definition) is 5. The Morgan fingerprint density at radius 1 is 1.15 bits per heavy atom. The second-order valence-electron chi connectivity index (χ2n) is 6.22. The topological polar surface area (TPSA) is 72.2 Å². The third-order valence-corrected chi connectivity index (χ3v) is 5.07. The van der Waals surface area contributed by atoms with E-state index < -0.39 is 0 Å². The molecule has 4 aromatic rings. The van der Waals surface area contributed by atoms with Gasteiger partial charge in [-0.1, -0.05) is 31.5 Å². The van der Waals surface area contributed by atoms with E-state index in [1.807, 2.05) is 53.9 Å². The first-order valence-electron chi connectivity index (χ1n) is 8.91. The molecule has 0 aliphatic heterocycles. The van der Waals surface area contributed by atoms with E-state index in [0.29, 0.717) is 12.1 Å². The number of aromatic nitrogens is 4. The van der Waals surface area contributed by atoms with E-state index in [9.17, 15) is 4.79 Å². The summed E-state index contributed by atoms with van der Waals surface area (Å²) in [4.78, 5) is 13.0. The van der Waals surface area contributed by atoms with Crippen LogP contribution >= 0.6 is 11.3 Å². The zero-order valence-corrected chi connectivity index (χ0v) is 15.7. The van der Waals surface area contributed by atoms with Crippen molar-refractivity contribution < 1.29 is 4.79 Å². The van der Waals surface area contributed by atoms with E-state index in [4.69, 9.17) is 5.10 Å². The minimum Gasteiger partial charge on any atom is -0.326 e. The van der Waals surface area contributed by atoms with E-state index in [-0.39, 0.29) is 5.91 Å². The van der Waals surface area contributed by atoms with Gasteiger partial charge in [0.2, 0.25) is 5.91 Å². The Labute approximate surface area is 160 Å². The summed E-state index contributed by atoms with van der Waals surface area (Å²) in [7, 11) is 0. The number of amides is 1. The lowest BCUT2D eigenvalue weighted by Crippen LogP contribution is -2.10. The van der Waals surface area contributed by atoms with Crippen LogP contribution in [-0.4, -0.2) is 25.7 Å². The molecular weight excluding hydrogens is 358 g/mol. The van der Waals surface area contributed by atoms with Gasteiger partial charge in [0.05, 0.1) is 10.6 Å². The number of unbranched alkanes of at least 4 members (excludes halogenated alkanes) is 1. The molecule has 1 N–H and O–H groups in total. The van der Waals surface area contributed by atoms with Crippen LogP contribution in [0.5, 0.6) is 0 Å². The Bertz CT molecular complexity index is 1070. The van der Waals surface area contributed by atoms with Crippen LogP contribution < -0.4 is 5.32 Å². The SMILES string of the molecule is CCCCC(=O)Nc1cccc(-c2ccc3nnc(-c4cccs4)n3n2)c1. The first-order valence-corrected chi connectivity index (χ1v) is 9.79. The van der Waals surface area contributed by atoms with Gasteiger partial charge in [0.25, 0.3) is 0 Å². The molecule has 0 spiro atoms. The van der Waals surface area contributed by atoms with Crippen molar-refractivity contribution in [1.82, 2.24) is 19.8 Å². The number of fused-ring (bicyclic) bond motifs is 1. The largest absolute Gasteiger partial charge is 0.326 e. The molecule has 136 valence electrons. The van der Waals surface area contributed by atoms with Crippen molar-refractivity contribution in [2.75, 3.05) is 5.32 Å². The molecule has 4 rings (SSSR count). The number of thiophene rings is 1. The minimum atomic E-state index is 0.0382. The lowest BCUT2D eigenvalue weighted by Gasteiger charge is -2.07. The van der Waals surface area contributed by atoms with E-state index in [1.165, 1.54) is 0 Å². The van der Waals surface area contributed by atoms with Crippen LogP contribution in [0.15, 0.2) is 53.9 Å². The summed E-state index contributed by atoms with van der Waals surface area (Å²) in [5.74, 6) is 0.766.